The van der Waals surface area contributed by atoms with Crippen molar-refractivity contribution in [3.63, 3.8) is 0 Å². The lowest BCUT2D eigenvalue weighted by Gasteiger charge is -2.18. The Morgan fingerprint density at radius 2 is 1.95 bits per heavy atom. The van der Waals surface area contributed by atoms with Gasteiger partial charge in [-0.3, -0.25) is 0 Å². The summed E-state index contributed by atoms with van der Waals surface area (Å²) in [6.07, 6.45) is -0.806. The molecule has 0 amide bonds. The SMILES string of the molecule is COc1ccc(CO[C@@H](C)[C@@H](O)c2cccs2)cc1. The van der Waals surface area contributed by atoms with E-state index in [0.717, 1.165) is 16.2 Å². The van der Waals surface area contributed by atoms with Crippen LogP contribution in [-0.4, -0.2) is 18.3 Å². The summed E-state index contributed by atoms with van der Waals surface area (Å²) >= 11 is 1.54. The molecule has 0 spiro atoms. The maximum Gasteiger partial charge on any atom is 0.118 e. The van der Waals surface area contributed by atoms with Crippen LogP contribution in [0.3, 0.4) is 0 Å². The van der Waals surface area contributed by atoms with Crippen LogP contribution in [0.25, 0.3) is 0 Å². The molecule has 4 heteroatoms. The first kappa shape index (κ1) is 14.1. The summed E-state index contributed by atoms with van der Waals surface area (Å²) in [6.45, 7) is 2.36. The van der Waals surface area contributed by atoms with E-state index in [1.807, 2.05) is 48.7 Å². The van der Waals surface area contributed by atoms with Crippen LogP contribution in [0.15, 0.2) is 41.8 Å². The van der Waals surface area contributed by atoms with Crippen molar-refractivity contribution in [2.45, 2.75) is 25.7 Å². The molecule has 1 N–H and O–H groups in total. The van der Waals surface area contributed by atoms with Crippen LogP contribution >= 0.6 is 11.3 Å². The average Bonchev–Trinajstić information content (AvgIpc) is 2.98. The number of ether oxygens (including phenoxy) is 2. The third-order valence-corrected chi connectivity index (χ3v) is 3.89. The van der Waals surface area contributed by atoms with E-state index in [2.05, 4.69) is 0 Å². The summed E-state index contributed by atoms with van der Waals surface area (Å²) in [7, 11) is 1.64. The zero-order valence-corrected chi connectivity index (χ0v) is 11.9. The predicted molar refractivity (Wildman–Crippen MR) is 76.5 cm³/mol. The second-order valence-corrected chi connectivity index (χ2v) is 5.30. The van der Waals surface area contributed by atoms with Crippen LogP contribution in [0, 0.1) is 0 Å². The molecule has 0 aliphatic rings. The standard InChI is InChI=1S/C15H18O3S/c1-11(15(16)14-4-3-9-19-14)18-10-12-5-7-13(17-2)8-6-12/h3-9,11,15-16H,10H2,1-2H3/t11-,15+/m0/s1. The smallest absolute Gasteiger partial charge is 0.118 e. The molecule has 0 unspecified atom stereocenters. The van der Waals surface area contributed by atoms with E-state index in [0.29, 0.717) is 6.61 Å². The highest BCUT2D eigenvalue weighted by Gasteiger charge is 2.17. The predicted octanol–water partition coefficient (Wildman–Crippen LogP) is 3.40. The molecule has 3 nitrogen and oxygen atoms in total. The summed E-state index contributed by atoms with van der Waals surface area (Å²) < 4.78 is 10.8. The van der Waals surface area contributed by atoms with E-state index in [1.165, 1.54) is 11.3 Å². The van der Waals surface area contributed by atoms with Gasteiger partial charge in [0.2, 0.25) is 0 Å². The van der Waals surface area contributed by atoms with Crippen molar-refractivity contribution in [1.29, 1.82) is 0 Å². The monoisotopic (exact) mass is 278 g/mol. The quantitative estimate of drug-likeness (QED) is 0.880. The summed E-state index contributed by atoms with van der Waals surface area (Å²) in [5.41, 5.74) is 1.06. The highest BCUT2D eigenvalue weighted by Crippen LogP contribution is 2.24. The van der Waals surface area contributed by atoms with Crippen LogP contribution in [0.2, 0.25) is 0 Å². The Hall–Kier alpha value is -1.36. The zero-order chi connectivity index (χ0) is 13.7. The lowest BCUT2D eigenvalue weighted by molar-refractivity contribution is -0.0349. The fraction of sp³-hybridized carbons (Fsp3) is 0.333. The summed E-state index contributed by atoms with van der Waals surface area (Å²) in [6, 6.07) is 11.6. The maximum atomic E-state index is 10.1. The third-order valence-electron chi connectivity index (χ3n) is 2.95. The fourth-order valence-electron chi connectivity index (χ4n) is 1.73. The molecule has 102 valence electrons. The number of hydrogen-bond donors (Lipinski definition) is 1. The number of aliphatic hydroxyl groups is 1. The highest BCUT2D eigenvalue weighted by molar-refractivity contribution is 7.10. The van der Waals surface area contributed by atoms with Crippen LogP contribution in [-0.2, 0) is 11.3 Å². The van der Waals surface area contributed by atoms with Gasteiger partial charge in [-0.2, -0.15) is 0 Å². The Labute approximate surface area is 117 Å². The van der Waals surface area contributed by atoms with E-state index >= 15 is 0 Å². The van der Waals surface area contributed by atoms with Crippen molar-refractivity contribution in [3.8, 4) is 5.75 Å². The number of benzene rings is 1. The van der Waals surface area contributed by atoms with Gasteiger partial charge < -0.3 is 14.6 Å². The van der Waals surface area contributed by atoms with E-state index < -0.39 is 6.10 Å². The zero-order valence-electron chi connectivity index (χ0n) is 11.1. The van der Waals surface area contributed by atoms with Crippen LogP contribution in [0.4, 0.5) is 0 Å². The lowest BCUT2D eigenvalue weighted by Crippen LogP contribution is -2.17. The van der Waals surface area contributed by atoms with Crippen molar-refractivity contribution in [3.05, 3.63) is 52.2 Å². The first-order chi connectivity index (χ1) is 9.20. The molecular formula is C15H18O3S. The molecule has 1 aromatic carbocycles. The van der Waals surface area contributed by atoms with Crippen LogP contribution in [0.1, 0.15) is 23.5 Å². The van der Waals surface area contributed by atoms with Crippen LogP contribution in [0.5, 0.6) is 5.75 Å². The third kappa shape index (κ3) is 3.80. The van der Waals surface area contributed by atoms with Gasteiger partial charge in [0.25, 0.3) is 0 Å². The van der Waals surface area contributed by atoms with Crippen molar-refractivity contribution < 1.29 is 14.6 Å². The summed E-state index contributed by atoms with van der Waals surface area (Å²) in [5, 5.41) is 12.1. The first-order valence-corrected chi connectivity index (χ1v) is 7.04. The molecule has 2 aromatic rings. The van der Waals surface area contributed by atoms with Crippen molar-refractivity contribution in [1.82, 2.24) is 0 Å². The Balaban J connectivity index is 1.87. The number of aliphatic hydroxyl groups excluding tert-OH is 1. The fourth-order valence-corrected chi connectivity index (χ4v) is 2.53. The first-order valence-electron chi connectivity index (χ1n) is 6.16. The number of rotatable bonds is 6. The van der Waals surface area contributed by atoms with Gasteiger partial charge in [0.05, 0.1) is 19.8 Å². The van der Waals surface area contributed by atoms with Gasteiger partial charge in [0.1, 0.15) is 11.9 Å². The molecule has 0 saturated carbocycles. The second-order valence-electron chi connectivity index (χ2n) is 4.32. The molecule has 0 aliphatic heterocycles. The minimum atomic E-state index is -0.571. The van der Waals surface area contributed by atoms with Crippen molar-refractivity contribution >= 4 is 11.3 Å². The summed E-state index contributed by atoms with van der Waals surface area (Å²) in [4.78, 5) is 0.933. The van der Waals surface area contributed by atoms with Gasteiger partial charge in [-0.25, -0.2) is 0 Å². The van der Waals surface area contributed by atoms with Gasteiger partial charge in [0, 0.05) is 4.88 Å². The Morgan fingerprint density at radius 3 is 2.53 bits per heavy atom. The molecule has 19 heavy (non-hydrogen) atoms. The normalized spacial score (nSPS) is 14.1. The van der Waals surface area contributed by atoms with E-state index in [-0.39, 0.29) is 6.10 Å². The van der Waals surface area contributed by atoms with E-state index in [4.69, 9.17) is 9.47 Å². The van der Waals surface area contributed by atoms with E-state index in [1.54, 1.807) is 7.11 Å². The minimum Gasteiger partial charge on any atom is -0.497 e. The van der Waals surface area contributed by atoms with Gasteiger partial charge in [-0.05, 0) is 36.1 Å². The molecule has 0 aliphatic carbocycles. The van der Waals surface area contributed by atoms with Gasteiger partial charge in [-0.15, -0.1) is 11.3 Å². The minimum absolute atomic E-state index is 0.235. The van der Waals surface area contributed by atoms with Crippen molar-refractivity contribution in [2.75, 3.05) is 7.11 Å². The Morgan fingerprint density at radius 1 is 1.21 bits per heavy atom. The topological polar surface area (TPSA) is 38.7 Å². The Bertz CT molecular complexity index is 479. The molecule has 1 heterocycles. The van der Waals surface area contributed by atoms with Gasteiger partial charge in [0.15, 0.2) is 0 Å². The maximum absolute atomic E-state index is 10.1. The number of methoxy groups -OCH3 is 1. The Kier molecular flexibility index (Phi) is 4.96. The molecular weight excluding hydrogens is 260 g/mol. The summed E-state index contributed by atoms with van der Waals surface area (Å²) in [5.74, 6) is 0.829. The molecule has 0 saturated heterocycles. The second kappa shape index (κ2) is 6.70. The molecule has 0 radical (unpaired) electrons. The molecule has 1 aromatic heterocycles. The lowest BCUT2D eigenvalue weighted by atomic mass is 10.2. The van der Waals surface area contributed by atoms with Gasteiger partial charge >= 0.3 is 0 Å². The largest absolute Gasteiger partial charge is 0.497 e. The van der Waals surface area contributed by atoms with E-state index in [9.17, 15) is 5.11 Å². The molecule has 0 fully saturated rings. The average molecular weight is 278 g/mol. The van der Waals surface area contributed by atoms with Crippen LogP contribution < -0.4 is 4.74 Å². The number of thiophene rings is 1. The van der Waals surface area contributed by atoms with Crippen molar-refractivity contribution in [2.24, 2.45) is 0 Å². The molecule has 2 rings (SSSR count). The number of hydrogen-bond acceptors (Lipinski definition) is 4. The molecule has 0 bridgehead atoms. The molecule has 2 atom stereocenters. The van der Waals surface area contributed by atoms with Gasteiger partial charge in [-0.1, -0.05) is 18.2 Å². The highest BCUT2D eigenvalue weighted by atomic mass is 32.1.